The van der Waals surface area contributed by atoms with E-state index in [1.165, 1.54) is 29.8 Å². The van der Waals surface area contributed by atoms with Crippen molar-refractivity contribution in [3.8, 4) is 50.2 Å². The third kappa shape index (κ3) is 9.80. The number of methoxy groups -OCH3 is 1. The first-order valence-electron chi connectivity index (χ1n) is 20.7. The molecule has 63 heavy (non-hydrogen) atoms. The van der Waals surface area contributed by atoms with Crippen LogP contribution in [-0.2, 0) is 23.4 Å². The van der Waals surface area contributed by atoms with Gasteiger partial charge in [0.1, 0.15) is 47.4 Å². The van der Waals surface area contributed by atoms with Gasteiger partial charge in [0.2, 0.25) is 5.60 Å². The summed E-state index contributed by atoms with van der Waals surface area (Å²) in [7, 11) is 1.58. The van der Waals surface area contributed by atoms with Crippen molar-refractivity contribution < 1.29 is 33.6 Å². The molecule has 12 nitrogen and oxygen atoms in total. The van der Waals surface area contributed by atoms with Gasteiger partial charge in [-0.3, -0.25) is 4.90 Å². The van der Waals surface area contributed by atoms with Gasteiger partial charge in [-0.15, -0.1) is 11.3 Å². The molecule has 4 heterocycles. The third-order valence-electron chi connectivity index (χ3n) is 10.7. The van der Waals surface area contributed by atoms with Crippen LogP contribution in [-0.4, -0.2) is 87.5 Å². The van der Waals surface area contributed by atoms with Crippen molar-refractivity contribution in [2.24, 2.45) is 0 Å². The number of aliphatic hydroxyl groups is 1. The minimum atomic E-state index is -2.58. The Morgan fingerprint density at radius 3 is 2.38 bits per heavy atom. The quantitative estimate of drug-likeness (QED) is 0.0901. The highest BCUT2D eigenvalue weighted by Gasteiger charge is 2.43. The van der Waals surface area contributed by atoms with Crippen molar-refractivity contribution in [3.05, 3.63) is 137 Å². The molecule has 3 aromatic heterocycles. The van der Waals surface area contributed by atoms with E-state index in [-0.39, 0.29) is 12.3 Å². The molecular weight excluding hydrogens is 843 g/mol. The number of carboxylic acids is 1. The van der Waals surface area contributed by atoms with E-state index in [1.807, 2.05) is 51.1 Å². The second-order valence-electron chi connectivity index (χ2n) is 14.5. The number of carbonyl (C=O) groups is 1. The molecule has 15 heteroatoms. The van der Waals surface area contributed by atoms with Crippen LogP contribution in [0, 0.1) is 12.7 Å². The Hall–Kier alpha value is -6.03. The third-order valence-corrected chi connectivity index (χ3v) is 12.3. The first-order valence-corrected chi connectivity index (χ1v) is 21.8. The van der Waals surface area contributed by atoms with Crippen molar-refractivity contribution >= 4 is 39.1 Å². The summed E-state index contributed by atoms with van der Waals surface area (Å²) >= 11 is 8.32. The summed E-state index contributed by atoms with van der Waals surface area (Å²) in [6.07, 6.45) is 2.46. The van der Waals surface area contributed by atoms with E-state index in [9.17, 15) is 19.4 Å². The molecule has 3 N–H and O–H groups in total. The molecule has 4 aromatic carbocycles. The lowest BCUT2D eigenvalue weighted by Crippen LogP contribution is -2.44. The second kappa shape index (κ2) is 20.4. The summed E-state index contributed by atoms with van der Waals surface area (Å²) in [5.41, 5.74) is 1.52. The average Bonchev–Trinajstić information content (AvgIpc) is 3.71. The molecule has 0 spiro atoms. The Balaban J connectivity index is 0.00000293. The Bertz CT molecular complexity index is 2700. The van der Waals surface area contributed by atoms with Crippen LogP contribution in [0.2, 0.25) is 5.02 Å². The highest BCUT2D eigenvalue weighted by molar-refractivity contribution is 7.22. The monoisotopic (exact) mass is 890 g/mol. The van der Waals surface area contributed by atoms with Crippen LogP contribution in [0.25, 0.3) is 43.2 Å². The van der Waals surface area contributed by atoms with Crippen molar-refractivity contribution in [2.45, 2.75) is 39.4 Å². The predicted molar refractivity (Wildman–Crippen MR) is 244 cm³/mol. The molecule has 0 saturated carbocycles. The molecule has 0 radical (unpaired) electrons. The van der Waals surface area contributed by atoms with Crippen molar-refractivity contribution in [2.75, 3.05) is 46.4 Å². The van der Waals surface area contributed by atoms with Gasteiger partial charge in [-0.1, -0.05) is 74.0 Å². The summed E-state index contributed by atoms with van der Waals surface area (Å²) in [5, 5.41) is 27.5. The number of para-hydroxylation sites is 2. The number of nitrogens with zero attached hydrogens (tertiary/aromatic N) is 5. The number of hydrogen-bond donors (Lipinski definition) is 3. The fraction of sp³-hybridized carbons (Fsp3) is 0.271. The van der Waals surface area contributed by atoms with Gasteiger partial charge in [-0.05, 0) is 71.6 Å². The SMILES string of the molecule is CC.COc1ccccc1-c1nccc(COc2ccccc2CC(O)(C(=O)O)c2ncnc3sc(-c4ccc(F)cc4)c(-c4ccc(OCCN5CCNCC5)c(Cl)c4C)c23)n1. The van der Waals surface area contributed by atoms with Crippen LogP contribution in [0.15, 0.2) is 104 Å². The second-order valence-corrected chi connectivity index (χ2v) is 15.9. The van der Waals surface area contributed by atoms with Crippen molar-refractivity contribution in [1.29, 1.82) is 0 Å². The van der Waals surface area contributed by atoms with Crippen LogP contribution in [0.4, 0.5) is 4.39 Å². The maximum absolute atomic E-state index is 14.3. The maximum atomic E-state index is 14.3. The number of ether oxygens (including phenoxy) is 3. The van der Waals surface area contributed by atoms with Crippen LogP contribution in [0.5, 0.6) is 17.2 Å². The van der Waals surface area contributed by atoms with E-state index in [4.69, 9.17) is 25.8 Å². The predicted octanol–water partition coefficient (Wildman–Crippen LogP) is 9.00. The Morgan fingerprint density at radius 1 is 0.905 bits per heavy atom. The summed E-state index contributed by atoms with van der Waals surface area (Å²) in [4.78, 5) is 35.1. The number of hydrogen-bond acceptors (Lipinski definition) is 12. The highest BCUT2D eigenvalue weighted by Crippen LogP contribution is 2.50. The lowest BCUT2D eigenvalue weighted by atomic mass is 9.86. The Labute approximate surface area is 374 Å². The molecular formula is C48H48ClFN6O6S. The molecule has 1 unspecified atom stereocenters. The highest BCUT2D eigenvalue weighted by atomic mass is 35.5. The maximum Gasteiger partial charge on any atom is 0.342 e. The lowest BCUT2D eigenvalue weighted by Gasteiger charge is -2.27. The molecule has 7 aromatic rings. The number of fused-ring (bicyclic) bond motifs is 1. The minimum absolute atomic E-state index is 0.0239. The van der Waals surface area contributed by atoms with E-state index in [1.54, 1.807) is 61.8 Å². The molecule has 8 rings (SSSR count). The van der Waals surface area contributed by atoms with Crippen LogP contribution in [0.3, 0.4) is 0 Å². The molecule has 1 fully saturated rings. The number of piperazine rings is 1. The van der Waals surface area contributed by atoms with Crippen molar-refractivity contribution in [1.82, 2.24) is 30.2 Å². The molecule has 0 bridgehead atoms. The van der Waals surface area contributed by atoms with Crippen LogP contribution < -0.4 is 19.5 Å². The standard InChI is InChI=1S/C46H42ClFN6O6S.C2H6/c1-28-33(15-16-37(40(28)47)59-24-23-54-21-19-49-20-22-54)38-39-42(51-27-52-44(39)61-41(38)29-11-13-31(48)14-12-29)46(57,45(55)56)25-30-7-3-5-9-35(30)60-26-32-17-18-50-43(53-32)34-8-4-6-10-36(34)58-2;1-2/h3-18,27,49,57H,19-26H2,1-2H3,(H,55,56);1-2H3. The number of thiophene rings is 1. The summed E-state index contributed by atoms with van der Waals surface area (Å²) in [6, 6.07) is 25.7. The topological polar surface area (TPSA) is 152 Å². The van der Waals surface area contributed by atoms with Gasteiger partial charge in [0.15, 0.2) is 5.82 Å². The van der Waals surface area contributed by atoms with E-state index >= 15 is 0 Å². The van der Waals surface area contributed by atoms with Gasteiger partial charge in [0.05, 0.1) is 29.1 Å². The van der Waals surface area contributed by atoms with E-state index in [0.717, 1.165) is 32.7 Å². The molecule has 0 aliphatic carbocycles. The average molecular weight is 891 g/mol. The molecule has 1 atom stereocenters. The molecule has 1 aliphatic heterocycles. The van der Waals surface area contributed by atoms with Gasteiger partial charge in [-0.25, -0.2) is 29.1 Å². The van der Waals surface area contributed by atoms with E-state index in [0.29, 0.717) is 88.9 Å². The summed E-state index contributed by atoms with van der Waals surface area (Å²) in [5.74, 6) is -0.00539. The summed E-state index contributed by atoms with van der Waals surface area (Å²) < 4.78 is 32.2. The Kier molecular flexibility index (Phi) is 14.6. The number of aliphatic carboxylic acids is 1. The molecule has 1 saturated heterocycles. The van der Waals surface area contributed by atoms with Gasteiger partial charge in [0, 0.05) is 61.2 Å². The molecule has 0 amide bonds. The normalized spacial score (nSPS) is 13.8. The zero-order chi connectivity index (χ0) is 44.5. The van der Waals surface area contributed by atoms with E-state index < -0.39 is 23.8 Å². The van der Waals surface area contributed by atoms with E-state index in [2.05, 4.69) is 30.2 Å². The van der Waals surface area contributed by atoms with Crippen LogP contribution in [0.1, 0.15) is 36.4 Å². The number of carboxylic acid groups (broad SMARTS) is 1. The number of benzene rings is 4. The van der Waals surface area contributed by atoms with Gasteiger partial charge < -0.3 is 29.7 Å². The number of halogens is 2. The van der Waals surface area contributed by atoms with Gasteiger partial charge in [-0.2, -0.15) is 0 Å². The van der Waals surface area contributed by atoms with Crippen molar-refractivity contribution in [3.63, 3.8) is 0 Å². The zero-order valence-corrected chi connectivity index (χ0v) is 37.0. The number of aromatic nitrogens is 4. The summed E-state index contributed by atoms with van der Waals surface area (Å²) in [6.45, 7) is 10.8. The first-order chi connectivity index (χ1) is 30.6. The zero-order valence-electron chi connectivity index (χ0n) is 35.4. The lowest BCUT2D eigenvalue weighted by molar-refractivity contribution is -0.160. The van der Waals surface area contributed by atoms with Gasteiger partial charge >= 0.3 is 5.97 Å². The van der Waals surface area contributed by atoms with Crippen LogP contribution >= 0.6 is 22.9 Å². The largest absolute Gasteiger partial charge is 0.496 e. The Morgan fingerprint density at radius 2 is 1.63 bits per heavy atom. The fourth-order valence-electron chi connectivity index (χ4n) is 7.48. The smallest absolute Gasteiger partial charge is 0.342 e. The molecule has 1 aliphatic rings. The van der Waals surface area contributed by atoms with Gasteiger partial charge in [0.25, 0.3) is 0 Å². The molecule has 326 valence electrons. The first kappa shape index (κ1) is 45.0. The number of nitrogens with one attached hydrogen (secondary N) is 1. The number of rotatable bonds is 15. The minimum Gasteiger partial charge on any atom is -0.496 e. The fourth-order valence-corrected chi connectivity index (χ4v) is 8.87.